The highest BCUT2D eigenvalue weighted by atomic mass is 32.2. The van der Waals surface area contributed by atoms with Crippen LogP contribution in [0.2, 0.25) is 0 Å². The number of nitrogens with zero attached hydrogens (tertiary/aromatic N) is 3. The number of piperazine rings is 1. The molecule has 0 aromatic rings. The van der Waals surface area contributed by atoms with Crippen LogP contribution in [0.15, 0.2) is 0 Å². The first kappa shape index (κ1) is 15.7. The first-order valence-electron chi connectivity index (χ1n) is 7.38. The fraction of sp³-hybridized carbons (Fsp3) is 0.923. The first-order chi connectivity index (χ1) is 9.41. The second-order valence-electron chi connectivity index (χ2n) is 5.72. The summed E-state index contributed by atoms with van der Waals surface area (Å²) < 4.78 is 24.7. The molecule has 2 saturated heterocycles. The van der Waals surface area contributed by atoms with E-state index in [-0.39, 0.29) is 11.8 Å². The molecule has 0 aromatic heterocycles. The molecule has 2 aliphatic rings. The second-order valence-corrected chi connectivity index (χ2v) is 7.70. The molecule has 116 valence electrons. The minimum atomic E-state index is -3.18. The van der Waals surface area contributed by atoms with E-state index in [1.807, 2.05) is 4.90 Å². The Kier molecular flexibility index (Phi) is 5.04. The first-order valence-corrected chi connectivity index (χ1v) is 9.23. The van der Waals surface area contributed by atoms with E-state index in [4.69, 9.17) is 0 Å². The number of carbonyl (C=O) groups excluding carboxylic acids is 1. The third-order valence-corrected chi connectivity index (χ3v) is 5.60. The lowest BCUT2D eigenvalue weighted by Crippen LogP contribution is -2.52. The van der Waals surface area contributed by atoms with Crippen LogP contribution < -0.4 is 0 Å². The Bertz CT molecular complexity index is 444. The number of likely N-dealkylation sites (N-methyl/N-ethyl adjacent to an activating group) is 1. The van der Waals surface area contributed by atoms with E-state index in [2.05, 4.69) is 11.8 Å². The summed E-state index contributed by atoms with van der Waals surface area (Å²) in [4.78, 5) is 16.7. The second kappa shape index (κ2) is 6.41. The number of hydrogen-bond donors (Lipinski definition) is 0. The topological polar surface area (TPSA) is 60.9 Å². The molecule has 7 heteroatoms. The van der Waals surface area contributed by atoms with Crippen molar-refractivity contribution in [1.82, 2.24) is 14.1 Å². The smallest absolute Gasteiger partial charge is 0.227 e. The normalized spacial score (nSPS) is 26.7. The number of rotatable bonds is 3. The van der Waals surface area contributed by atoms with Gasteiger partial charge < -0.3 is 9.80 Å². The van der Waals surface area contributed by atoms with Gasteiger partial charge in [-0.25, -0.2) is 12.7 Å². The Morgan fingerprint density at radius 3 is 2.35 bits per heavy atom. The van der Waals surface area contributed by atoms with Crippen molar-refractivity contribution >= 4 is 15.9 Å². The zero-order valence-corrected chi connectivity index (χ0v) is 13.2. The van der Waals surface area contributed by atoms with Crippen molar-refractivity contribution < 1.29 is 13.2 Å². The molecule has 6 nitrogen and oxygen atoms in total. The fourth-order valence-electron chi connectivity index (χ4n) is 2.99. The predicted molar refractivity (Wildman–Crippen MR) is 77.8 cm³/mol. The van der Waals surface area contributed by atoms with Crippen molar-refractivity contribution in [3.8, 4) is 0 Å². The van der Waals surface area contributed by atoms with Crippen molar-refractivity contribution in [2.75, 3.05) is 52.1 Å². The molecule has 0 aliphatic carbocycles. The summed E-state index contributed by atoms with van der Waals surface area (Å²) in [5.41, 5.74) is 0. The fourth-order valence-corrected chi connectivity index (χ4v) is 3.90. The summed E-state index contributed by atoms with van der Waals surface area (Å²) in [6, 6.07) is 0. The monoisotopic (exact) mass is 303 g/mol. The maximum Gasteiger partial charge on any atom is 0.227 e. The Hall–Kier alpha value is -0.660. The zero-order valence-electron chi connectivity index (χ0n) is 12.4. The third kappa shape index (κ3) is 3.71. The highest BCUT2D eigenvalue weighted by molar-refractivity contribution is 7.88. The van der Waals surface area contributed by atoms with E-state index in [1.54, 1.807) is 0 Å². The maximum atomic E-state index is 12.5. The predicted octanol–water partition coefficient (Wildman–Crippen LogP) is -0.178. The SMILES string of the molecule is CCN1CCN(C(=O)[C@@H]2CCCN(S(C)(=O)=O)C2)CC1. The van der Waals surface area contributed by atoms with Gasteiger partial charge >= 0.3 is 0 Å². The number of hydrogen-bond acceptors (Lipinski definition) is 4. The van der Waals surface area contributed by atoms with Crippen LogP contribution in [0.5, 0.6) is 0 Å². The Morgan fingerprint density at radius 1 is 1.15 bits per heavy atom. The molecule has 2 fully saturated rings. The molecule has 1 amide bonds. The minimum Gasteiger partial charge on any atom is -0.340 e. The van der Waals surface area contributed by atoms with Crippen molar-refractivity contribution in [2.45, 2.75) is 19.8 Å². The minimum absolute atomic E-state index is 0.133. The van der Waals surface area contributed by atoms with Crippen molar-refractivity contribution in [3.63, 3.8) is 0 Å². The van der Waals surface area contributed by atoms with Gasteiger partial charge in [-0.2, -0.15) is 0 Å². The quantitative estimate of drug-likeness (QED) is 0.726. The number of piperidine rings is 1. The van der Waals surface area contributed by atoms with Gasteiger partial charge in [-0.3, -0.25) is 4.79 Å². The number of carbonyl (C=O) groups is 1. The molecule has 1 atom stereocenters. The van der Waals surface area contributed by atoms with Crippen LogP contribution in [0.4, 0.5) is 0 Å². The standard InChI is InChI=1S/C13H25N3O3S/c1-3-14-7-9-15(10-8-14)13(17)12-5-4-6-16(11-12)20(2,18)19/h12H,3-11H2,1-2H3/t12-/m1/s1. The Balaban J connectivity index is 1.92. The summed E-state index contributed by atoms with van der Waals surface area (Å²) in [6.07, 6.45) is 2.80. The van der Waals surface area contributed by atoms with E-state index in [9.17, 15) is 13.2 Å². The molecule has 0 saturated carbocycles. The van der Waals surface area contributed by atoms with Crippen LogP contribution in [-0.4, -0.2) is 80.5 Å². The molecular formula is C13H25N3O3S. The summed E-state index contributed by atoms with van der Waals surface area (Å²) in [5.74, 6) is -0.0271. The van der Waals surface area contributed by atoms with E-state index in [0.717, 1.165) is 45.6 Å². The van der Waals surface area contributed by atoms with Crippen LogP contribution in [0.25, 0.3) is 0 Å². The van der Waals surface area contributed by atoms with Crippen LogP contribution in [0.3, 0.4) is 0 Å². The van der Waals surface area contributed by atoms with Gasteiger partial charge in [-0.05, 0) is 19.4 Å². The van der Waals surface area contributed by atoms with Crippen LogP contribution in [0, 0.1) is 5.92 Å². The number of sulfonamides is 1. The maximum absolute atomic E-state index is 12.5. The molecular weight excluding hydrogens is 278 g/mol. The molecule has 2 heterocycles. The van der Waals surface area contributed by atoms with Gasteiger partial charge in [0.25, 0.3) is 0 Å². The van der Waals surface area contributed by atoms with E-state index in [1.165, 1.54) is 10.6 Å². The lowest BCUT2D eigenvalue weighted by atomic mass is 9.98. The molecule has 0 aromatic carbocycles. The van der Waals surface area contributed by atoms with Gasteiger partial charge in [0.2, 0.25) is 15.9 Å². The largest absolute Gasteiger partial charge is 0.340 e. The Morgan fingerprint density at radius 2 is 1.80 bits per heavy atom. The van der Waals surface area contributed by atoms with Crippen molar-refractivity contribution in [3.05, 3.63) is 0 Å². The molecule has 0 unspecified atom stereocenters. The van der Waals surface area contributed by atoms with Crippen LogP contribution in [0.1, 0.15) is 19.8 Å². The molecule has 0 N–H and O–H groups in total. The molecule has 2 aliphatic heterocycles. The molecule has 20 heavy (non-hydrogen) atoms. The highest BCUT2D eigenvalue weighted by Gasteiger charge is 2.33. The van der Waals surface area contributed by atoms with Gasteiger partial charge in [0, 0.05) is 39.3 Å². The summed E-state index contributed by atoms with van der Waals surface area (Å²) >= 11 is 0. The zero-order chi connectivity index (χ0) is 14.8. The summed E-state index contributed by atoms with van der Waals surface area (Å²) in [6.45, 7) is 7.42. The number of amides is 1. The van der Waals surface area contributed by atoms with E-state index >= 15 is 0 Å². The average Bonchev–Trinajstić information content (AvgIpc) is 2.46. The summed E-state index contributed by atoms with van der Waals surface area (Å²) in [5, 5.41) is 0. The van der Waals surface area contributed by atoms with Crippen molar-refractivity contribution in [2.24, 2.45) is 5.92 Å². The average molecular weight is 303 g/mol. The van der Waals surface area contributed by atoms with Gasteiger partial charge in [0.15, 0.2) is 0 Å². The van der Waals surface area contributed by atoms with Gasteiger partial charge in [-0.1, -0.05) is 6.92 Å². The van der Waals surface area contributed by atoms with Crippen LogP contribution >= 0.6 is 0 Å². The molecule has 0 bridgehead atoms. The summed E-state index contributed by atoms with van der Waals surface area (Å²) in [7, 11) is -3.18. The highest BCUT2D eigenvalue weighted by Crippen LogP contribution is 2.21. The lowest BCUT2D eigenvalue weighted by molar-refractivity contribution is -0.138. The molecule has 2 rings (SSSR count). The van der Waals surface area contributed by atoms with Crippen LogP contribution in [-0.2, 0) is 14.8 Å². The Labute approximate surface area is 121 Å². The molecule has 0 spiro atoms. The van der Waals surface area contributed by atoms with Gasteiger partial charge in [0.1, 0.15) is 0 Å². The van der Waals surface area contributed by atoms with Gasteiger partial charge in [0.05, 0.1) is 12.2 Å². The lowest BCUT2D eigenvalue weighted by Gasteiger charge is -2.38. The van der Waals surface area contributed by atoms with Crippen molar-refractivity contribution in [1.29, 1.82) is 0 Å². The van der Waals surface area contributed by atoms with Gasteiger partial charge in [-0.15, -0.1) is 0 Å². The van der Waals surface area contributed by atoms with E-state index in [0.29, 0.717) is 13.1 Å². The third-order valence-electron chi connectivity index (χ3n) is 4.33. The molecule has 0 radical (unpaired) electrons. The van der Waals surface area contributed by atoms with E-state index < -0.39 is 10.0 Å².